The summed E-state index contributed by atoms with van der Waals surface area (Å²) >= 11 is 0. The van der Waals surface area contributed by atoms with Crippen molar-refractivity contribution in [1.29, 1.82) is 0 Å². The molecule has 1 rings (SSSR count). The third-order valence-corrected chi connectivity index (χ3v) is 2.07. The first-order chi connectivity index (χ1) is 7.33. The quantitative estimate of drug-likeness (QED) is 0.695. The molecule has 1 N–H and O–H groups in total. The summed E-state index contributed by atoms with van der Waals surface area (Å²) in [5.74, 6) is 0. The van der Waals surface area contributed by atoms with E-state index < -0.39 is 0 Å². The number of pyridine rings is 1. The van der Waals surface area contributed by atoms with Gasteiger partial charge in [0.2, 0.25) is 0 Å². The molecule has 0 unspecified atom stereocenters. The fourth-order valence-electron chi connectivity index (χ4n) is 1.23. The monoisotopic (exact) mass is 208 g/mol. The van der Waals surface area contributed by atoms with Gasteiger partial charge in [0.25, 0.3) is 0 Å². The molecule has 0 saturated heterocycles. The van der Waals surface area contributed by atoms with E-state index in [-0.39, 0.29) is 0 Å². The largest absolute Gasteiger partial charge is 0.380 e. The standard InChI is InChI=1S/C12H20N2O/c1-3-7-15-8-6-13-9-12-5-4-11(2)14-10-12/h4-5,10,13H,3,6-9H2,1-2H3. The average molecular weight is 208 g/mol. The maximum absolute atomic E-state index is 5.36. The van der Waals surface area contributed by atoms with Crippen LogP contribution in [0, 0.1) is 6.92 Å². The molecule has 0 fully saturated rings. The average Bonchev–Trinajstić information content (AvgIpc) is 2.26. The third kappa shape index (κ3) is 5.50. The van der Waals surface area contributed by atoms with E-state index in [1.807, 2.05) is 19.2 Å². The Labute approximate surface area is 91.9 Å². The number of ether oxygens (including phenoxy) is 1. The number of aryl methyl sites for hydroxylation is 1. The van der Waals surface area contributed by atoms with E-state index in [0.29, 0.717) is 0 Å². The number of nitrogens with one attached hydrogen (secondary N) is 1. The minimum atomic E-state index is 0.785. The van der Waals surface area contributed by atoms with E-state index in [0.717, 1.165) is 38.4 Å². The third-order valence-electron chi connectivity index (χ3n) is 2.07. The van der Waals surface area contributed by atoms with Gasteiger partial charge in [0, 0.05) is 31.6 Å². The zero-order valence-electron chi connectivity index (χ0n) is 9.62. The molecule has 1 aromatic heterocycles. The maximum Gasteiger partial charge on any atom is 0.0591 e. The number of nitrogens with zero attached hydrogens (tertiary/aromatic N) is 1. The fourth-order valence-corrected chi connectivity index (χ4v) is 1.23. The Hall–Kier alpha value is -0.930. The Morgan fingerprint density at radius 2 is 2.20 bits per heavy atom. The van der Waals surface area contributed by atoms with Crippen molar-refractivity contribution in [1.82, 2.24) is 10.3 Å². The van der Waals surface area contributed by atoms with Crippen LogP contribution in [0.2, 0.25) is 0 Å². The molecule has 0 aliphatic carbocycles. The Morgan fingerprint density at radius 1 is 1.33 bits per heavy atom. The topological polar surface area (TPSA) is 34.1 Å². The van der Waals surface area contributed by atoms with Gasteiger partial charge in [0.1, 0.15) is 0 Å². The van der Waals surface area contributed by atoms with E-state index in [2.05, 4.69) is 23.3 Å². The Balaban J connectivity index is 2.07. The molecule has 0 spiro atoms. The first-order valence-corrected chi connectivity index (χ1v) is 5.53. The first kappa shape index (κ1) is 12.1. The Morgan fingerprint density at radius 3 is 2.87 bits per heavy atom. The van der Waals surface area contributed by atoms with Gasteiger partial charge in [-0.3, -0.25) is 4.98 Å². The molecule has 0 atom stereocenters. The highest BCUT2D eigenvalue weighted by Gasteiger charge is 1.92. The number of aromatic nitrogens is 1. The zero-order chi connectivity index (χ0) is 10.9. The van der Waals surface area contributed by atoms with Crippen molar-refractivity contribution in [2.45, 2.75) is 26.8 Å². The summed E-state index contributed by atoms with van der Waals surface area (Å²) in [5, 5.41) is 3.32. The second-order valence-corrected chi connectivity index (χ2v) is 3.60. The van der Waals surface area contributed by atoms with Gasteiger partial charge in [-0.1, -0.05) is 13.0 Å². The highest BCUT2D eigenvalue weighted by molar-refractivity contribution is 5.12. The van der Waals surface area contributed by atoms with Crippen molar-refractivity contribution >= 4 is 0 Å². The van der Waals surface area contributed by atoms with Gasteiger partial charge in [-0.15, -0.1) is 0 Å². The highest BCUT2D eigenvalue weighted by Crippen LogP contribution is 1.97. The van der Waals surface area contributed by atoms with Crippen LogP contribution in [0.15, 0.2) is 18.3 Å². The van der Waals surface area contributed by atoms with Crippen molar-refractivity contribution < 1.29 is 4.74 Å². The molecular weight excluding hydrogens is 188 g/mol. The van der Waals surface area contributed by atoms with Crippen LogP contribution in [0.5, 0.6) is 0 Å². The predicted octanol–water partition coefficient (Wildman–Crippen LogP) is 1.91. The molecular formula is C12H20N2O. The van der Waals surface area contributed by atoms with Gasteiger partial charge in [-0.25, -0.2) is 0 Å². The second kappa shape index (κ2) is 7.37. The van der Waals surface area contributed by atoms with Gasteiger partial charge >= 0.3 is 0 Å². The van der Waals surface area contributed by atoms with Crippen LogP contribution in [0.4, 0.5) is 0 Å². The number of hydrogen-bond acceptors (Lipinski definition) is 3. The predicted molar refractivity (Wildman–Crippen MR) is 61.8 cm³/mol. The molecule has 3 nitrogen and oxygen atoms in total. The molecule has 0 bridgehead atoms. The summed E-state index contributed by atoms with van der Waals surface area (Å²) in [6.45, 7) is 7.51. The first-order valence-electron chi connectivity index (χ1n) is 5.53. The molecule has 3 heteroatoms. The lowest BCUT2D eigenvalue weighted by atomic mass is 10.2. The fraction of sp³-hybridized carbons (Fsp3) is 0.583. The molecule has 15 heavy (non-hydrogen) atoms. The van der Waals surface area contributed by atoms with E-state index in [4.69, 9.17) is 4.74 Å². The molecule has 1 heterocycles. The molecule has 0 aromatic carbocycles. The molecule has 84 valence electrons. The normalized spacial score (nSPS) is 10.5. The van der Waals surface area contributed by atoms with Gasteiger partial charge in [0.15, 0.2) is 0 Å². The summed E-state index contributed by atoms with van der Waals surface area (Å²) < 4.78 is 5.36. The molecule has 0 radical (unpaired) electrons. The number of hydrogen-bond donors (Lipinski definition) is 1. The summed E-state index contributed by atoms with van der Waals surface area (Å²) in [5.41, 5.74) is 2.28. The highest BCUT2D eigenvalue weighted by atomic mass is 16.5. The Bertz CT molecular complexity index is 259. The number of rotatable bonds is 7. The van der Waals surface area contributed by atoms with Crippen LogP contribution >= 0.6 is 0 Å². The van der Waals surface area contributed by atoms with E-state index >= 15 is 0 Å². The summed E-state index contributed by atoms with van der Waals surface area (Å²) in [6.07, 6.45) is 3.00. The molecule has 1 aromatic rings. The van der Waals surface area contributed by atoms with Crippen LogP contribution in [-0.2, 0) is 11.3 Å². The zero-order valence-corrected chi connectivity index (χ0v) is 9.62. The van der Waals surface area contributed by atoms with Gasteiger partial charge < -0.3 is 10.1 Å². The van der Waals surface area contributed by atoms with Crippen molar-refractivity contribution in [3.05, 3.63) is 29.6 Å². The van der Waals surface area contributed by atoms with Crippen molar-refractivity contribution in [2.75, 3.05) is 19.8 Å². The van der Waals surface area contributed by atoms with Crippen LogP contribution in [0.25, 0.3) is 0 Å². The Kier molecular flexibility index (Phi) is 5.97. The lowest BCUT2D eigenvalue weighted by Crippen LogP contribution is -2.19. The minimum Gasteiger partial charge on any atom is -0.380 e. The van der Waals surface area contributed by atoms with Crippen molar-refractivity contribution in [3.63, 3.8) is 0 Å². The van der Waals surface area contributed by atoms with Crippen LogP contribution in [0.1, 0.15) is 24.6 Å². The van der Waals surface area contributed by atoms with Gasteiger partial charge in [0.05, 0.1) is 6.61 Å². The molecule has 0 aliphatic heterocycles. The van der Waals surface area contributed by atoms with Crippen LogP contribution in [-0.4, -0.2) is 24.7 Å². The van der Waals surface area contributed by atoms with Crippen molar-refractivity contribution in [2.24, 2.45) is 0 Å². The molecule has 0 aliphatic rings. The minimum absolute atomic E-state index is 0.785. The SMILES string of the molecule is CCCOCCNCc1ccc(C)nc1. The second-order valence-electron chi connectivity index (χ2n) is 3.60. The van der Waals surface area contributed by atoms with Gasteiger partial charge in [-0.2, -0.15) is 0 Å². The summed E-state index contributed by atoms with van der Waals surface area (Å²) in [6, 6.07) is 4.13. The van der Waals surface area contributed by atoms with E-state index in [1.165, 1.54) is 5.56 Å². The van der Waals surface area contributed by atoms with Gasteiger partial charge in [-0.05, 0) is 25.0 Å². The smallest absolute Gasteiger partial charge is 0.0591 e. The molecule has 0 saturated carbocycles. The summed E-state index contributed by atoms with van der Waals surface area (Å²) in [4.78, 5) is 4.24. The van der Waals surface area contributed by atoms with E-state index in [1.54, 1.807) is 0 Å². The molecule has 0 amide bonds. The van der Waals surface area contributed by atoms with Crippen molar-refractivity contribution in [3.8, 4) is 0 Å². The van der Waals surface area contributed by atoms with E-state index in [9.17, 15) is 0 Å². The summed E-state index contributed by atoms with van der Waals surface area (Å²) in [7, 11) is 0. The lowest BCUT2D eigenvalue weighted by molar-refractivity contribution is 0.136. The maximum atomic E-state index is 5.36. The van der Waals surface area contributed by atoms with Crippen LogP contribution in [0.3, 0.4) is 0 Å². The lowest BCUT2D eigenvalue weighted by Gasteiger charge is -2.05. The van der Waals surface area contributed by atoms with Crippen LogP contribution < -0.4 is 5.32 Å².